The number of ketones is 1. The van der Waals surface area contributed by atoms with Crippen LogP contribution in [0.5, 0.6) is 0 Å². The van der Waals surface area contributed by atoms with Crippen molar-refractivity contribution in [2.24, 2.45) is 5.92 Å². The van der Waals surface area contributed by atoms with Gasteiger partial charge in [-0.15, -0.1) is 0 Å². The van der Waals surface area contributed by atoms with Crippen LogP contribution >= 0.6 is 0 Å². The van der Waals surface area contributed by atoms with Crippen molar-refractivity contribution in [2.45, 2.75) is 59.4 Å². The molecule has 0 amide bonds. The molecule has 0 spiro atoms. The zero-order valence-corrected chi connectivity index (χ0v) is 11.4. The standard InChI is InChI=1S/C15H23NO/c1-5-13(10(2)3)16-11(4)9-12-14(16)7-6-8-15(12)17/h9-10,13H,5-8H2,1-4H3. The third kappa shape index (κ3) is 2.05. The van der Waals surface area contributed by atoms with Gasteiger partial charge >= 0.3 is 0 Å². The lowest BCUT2D eigenvalue weighted by molar-refractivity contribution is 0.0971. The smallest absolute Gasteiger partial charge is 0.164 e. The highest BCUT2D eigenvalue weighted by atomic mass is 16.1. The molecule has 0 N–H and O–H groups in total. The second-order valence-corrected chi connectivity index (χ2v) is 5.51. The number of carbonyl (C=O) groups is 1. The average molecular weight is 233 g/mol. The molecule has 1 aromatic rings. The van der Waals surface area contributed by atoms with Crippen molar-refractivity contribution < 1.29 is 4.79 Å². The molecule has 17 heavy (non-hydrogen) atoms. The second-order valence-electron chi connectivity index (χ2n) is 5.51. The maximum atomic E-state index is 11.9. The number of fused-ring (bicyclic) bond motifs is 1. The first-order chi connectivity index (χ1) is 8.06. The fraction of sp³-hybridized carbons (Fsp3) is 0.667. The van der Waals surface area contributed by atoms with E-state index in [1.807, 2.05) is 0 Å². The minimum atomic E-state index is 0.340. The van der Waals surface area contributed by atoms with E-state index in [9.17, 15) is 4.79 Å². The van der Waals surface area contributed by atoms with E-state index in [4.69, 9.17) is 0 Å². The lowest BCUT2D eigenvalue weighted by atomic mass is 9.95. The minimum absolute atomic E-state index is 0.340. The Labute approximate surface area is 104 Å². The van der Waals surface area contributed by atoms with Gasteiger partial charge in [0.1, 0.15) is 0 Å². The van der Waals surface area contributed by atoms with E-state index in [1.165, 1.54) is 11.4 Å². The van der Waals surface area contributed by atoms with Crippen molar-refractivity contribution in [1.82, 2.24) is 4.57 Å². The van der Waals surface area contributed by atoms with Crippen LogP contribution in [-0.4, -0.2) is 10.4 Å². The van der Waals surface area contributed by atoms with Crippen molar-refractivity contribution in [3.05, 3.63) is 23.0 Å². The molecule has 0 aromatic carbocycles. The highest BCUT2D eigenvalue weighted by Gasteiger charge is 2.26. The summed E-state index contributed by atoms with van der Waals surface area (Å²) in [5.74, 6) is 0.957. The molecule has 0 bridgehead atoms. The second kappa shape index (κ2) is 4.67. The Morgan fingerprint density at radius 3 is 2.65 bits per heavy atom. The Balaban J connectivity index is 2.50. The Kier molecular flexibility index (Phi) is 3.41. The molecule has 2 heteroatoms. The lowest BCUT2D eigenvalue weighted by Crippen LogP contribution is -2.20. The van der Waals surface area contributed by atoms with Crippen LogP contribution in [0.15, 0.2) is 6.07 Å². The van der Waals surface area contributed by atoms with Gasteiger partial charge < -0.3 is 4.57 Å². The van der Waals surface area contributed by atoms with Crippen molar-refractivity contribution in [1.29, 1.82) is 0 Å². The molecule has 2 nitrogen and oxygen atoms in total. The first kappa shape index (κ1) is 12.4. The molecule has 0 saturated heterocycles. The van der Waals surface area contributed by atoms with E-state index >= 15 is 0 Å². The number of hydrogen-bond acceptors (Lipinski definition) is 1. The van der Waals surface area contributed by atoms with Crippen LogP contribution < -0.4 is 0 Å². The molecule has 1 atom stereocenters. The number of carbonyl (C=O) groups excluding carboxylic acids is 1. The van der Waals surface area contributed by atoms with Crippen LogP contribution in [0, 0.1) is 12.8 Å². The van der Waals surface area contributed by atoms with E-state index in [0.29, 0.717) is 17.7 Å². The maximum absolute atomic E-state index is 11.9. The van der Waals surface area contributed by atoms with Gasteiger partial charge in [-0.05, 0) is 38.2 Å². The summed E-state index contributed by atoms with van der Waals surface area (Å²) in [5.41, 5.74) is 3.54. The van der Waals surface area contributed by atoms with Crippen molar-refractivity contribution >= 4 is 5.78 Å². The van der Waals surface area contributed by atoms with E-state index < -0.39 is 0 Å². The van der Waals surface area contributed by atoms with E-state index in [1.54, 1.807) is 0 Å². The average Bonchev–Trinajstić information content (AvgIpc) is 2.59. The molecular formula is C15H23NO. The molecular weight excluding hydrogens is 210 g/mol. The highest BCUT2D eigenvalue weighted by molar-refractivity contribution is 5.98. The molecule has 2 rings (SSSR count). The van der Waals surface area contributed by atoms with Crippen molar-refractivity contribution in [2.75, 3.05) is 0 Å². The quantitative estimate of drug-likeness (QED) is 0.775. The number of aromatic nitrogens is 1. The minimum Gasteiger partial charge on any atom is -0.345 e. The van der Waals surface area contributed by atoms with E-state index in [2.05, 4.69) is 38.3 Å². The van der Waals surface area contributed by atoms with Gasteiger partial charge in [-0.3, -0.25) is 4.79 Å². The fourth-order valence-corrected chi connectivity index (χ4v) is 3.17. The third-order valence-corrected chi connectivity index (χ3v) is 3.97. The Morgan fingerprint density at radius 2 is 2.06 bits per heavy atom. The molecule has 94 valence electrons. The molecule has 0 aliphatic heterocycles. The lowest BCUT2D eigenvalue weighted by Gasteiger charge is -2.27. The zero-order chi connectivity index (χ0) is 12.6. The topological polar surface area (TPSA) is 22.0 Å². The summed E-state index contributed by atoms with van der Waals surface area (Å²) < 4.78 is 2.43. The van der Waals surface area contributed by atoms with Crippen LogP contribution in [0.2, 0.25) is 0 Å². The molecule has 1 heterocycles. The van der Waals surface area contributed by atoms with Crippen LogP contribution in [0.3, 0.4) is 0 Å². The molecule has 1 aliphatic carbocycles. The summed E-state index contributed by atoms with van der Waals surface area (Å²) in [5, 5.41) is 0. The molecule has 0 radical (unpaired) electrons. The zero-order valence-electron chi connectivity index (χ0n) is 11.4. The summed E-state index contributed by atoms with van der Waals surface area (Å²) in [6, 6.07) is 2.63. The number of hydrogen-bond donors (Lipinski definition) is 0. The number of Topliss-reactive ketones (excluding diaryl/α,β-unsaturated/α-hetero) is 1. The number of nitrogens with zero attached hydrogens (tertiary/aromatic N) is 1. The number of aryl methyl sites for hydroxylation is 1. The Hall–Kier alpha value is -1.05. The van der Waals surface area contributed by atoms with Gasteiger partial charge in [0, 0.05) is 29.4 Å². The Morgan fingerprint density at radius 1 is 1.35 bits per heavy atom. The third-order valence-electron chi connectivity index (χ3n) is 3.97. The van der Waals surface area contributed by atoms with Gasteiger partial charge in [-0.2, -0.15) is 0 Å². The van der Waals surface area contributed by atoms with Crippen LogP contribution in [0.25, 0.3) is 0 Å². The van der Waals surface area contributed by atoms with Crippen LogP contribution in [-0.2, 0) is 6.42 Å². The van der Waals surface area contributed by atoms with Gasteiger partial charge in [0.05, 0.1) is 0 Å². The molecule has 1 aliphatic rings. The first-order valence-corrected chi connectivity index (χ1v) is 6.80. The highest BCUT2D eigenvalue weighted by Crippen LogP contribution is 2.32. The van der Waals surface area contributed by atoms with E-state index in [-0.39, 0.29) is 0 Å². The molecule has 1 aromatic heterocycles. The van der Waals surface area contributed by atoms with Gasteiger partial charge in [-0.1, -0.05) is 20.8 Å². The predicted molar refractivity (Wildman–Crippen MR) is 70.6 cm³/mol. The van der Waals surface area contributed by atoms with E-state index in [0.717, 1.165) is 31.2 Å². The molecule has 0 fully saturated rings. The normalized spacial score (nSPS) is 17.4. The number of rotatable bonds is 3. The largest absolute Gasteiger partial charge is 0.345 e. The van der Waals surface area contributed by atoms with Gasteiger partial charge in [0.2, 0.25) is 0 Å². The SMILES string of the molecule is CCC(C(C)C)n1c(C)cc2c1CCCC2=O. The summed E-state index contributed by atoms with van der Waals surface area (Å²) >= 11 is 0. The summed E-state index contributed by atoms with van der Waals surface area (Å²) in [6.45, 7) is 8.91. The maximum Gasteiger partial charge on any atom is 0.164 e. The van der Waals surface area contributed by atoms with Crippen LogP contribution in [0.1, 0.15) is 67.8 Å². The van der Waals surface area contributed by atoms with Gasteiger partial charge in [-0.25, -0.2) is 0 Å². The summed E-state index contributed by atoms with van der Waals surface area (Å²) in [6.07, 6.45) is 3.95. The predicted octanol–water partition coefficient (Wildman–Crippen LogP) is 3.92. The monoisotopic (exact) mass is 233 g/mol. The molecule has 0 saturated carbocycles. The fourth-order valence-electron chi connectivity index (χ4n) is 3.17. The van der Waals surface area contributed by atoms with Crippen molar-refractivity contribution in [3.63, 3.8) is 0 Å². The van der Waals surface area contributed by atoms with Gasteiger partial charge in [0.15, 0.2) is 5.78 Å². The Bertz CT molecular complexity index is 428. The summed E-state index contributed by atoms with van der Waals surface area (Å²) in [4.78, 5) is 11.9. The van der Waals surface area contributed by atoms with Crippen LogP contribution in [0.4, 0.5) is 0 Å². The molecule has 1 unspecified atom stereocenters. The van der Waals surface area contributed by atoms with Gasteiger partial charge in [0.25, 0.3) is 0 Å². The van der Waals surface area contributed by atoms with Crippen molar-refractivity contribution in [3.8, 4) is 0 Å². The first-order valence-electron chi connectivity index (χ1n) is 6.80. The summed E-state index contributed by atoms with van der Waals surface area (Å²) in [7, 11) is 0.